The third-order valence-electron chi connectivity index (χ3n) is 4.20. The Morgan fingerprint density at radius 3 is 2.75 bits per heavy atom. The first-order valence-corrected chi connectivity index (χ1v) is 9.10. The lowest BCUT2D eigenvalue weighted by Crippen LogP contribution is -2.03. The molecule has 0 unspecified atom stereocenters. The zero-order valence-corrected chi connectivity index (χ0v) is 15.3. The van der Waals surface area contributed by atoms with Crippen molar-refractivity contribution in [2.45, 2.75) is 25.7 Å². The van der Waals surface area contributed by atoms with E-state index in [1.54, 1.807) is 24.3 Å². The van der Waals surface area contributed by atoms with Gasteiger partial charge in [0.1, 0.15) is 16.4 Å². The normalized spacial score (nSPS) is 14.3. The summed E-state index contributed by atoms with van der Waals surface area (Å²) in [5.41, 5.74) is 1.86. The van der Waals surface area contributed by atoms with Crippen molar-refractivity contribution in [1.82, 2.24) is 4.98 Å². The summed E-state index contributed by atoms with van der Waals surface area (Å²) in [6.45, 7) is 1.74. The number of hydrogen-bond donors (Lipinski definition) is 0. The molecular formula is C17H13Cl2NO3S. The summed E-state index contributed by atoms with van der Waals surface area (Å²) in [5.74, 6) is 1.01. The van der Waals surface area contributed by atoms with Crippen LogP contribution < -0.4 is 10.4 Å². The van der Waals surface area contributed by atoms with E-state index < -0.39 is 5.63 Å². The Bertz CT molecular complexity index is 1020. The highest BCUT2D eigenvalue weighted by Crippen LogP contribution is 2.46. The lowest BCUT2D eigenvalue weighted by Gasteiger charge is -2.13. The van der Waals surface area contributed by atoms with Crippen LogP contribution in [0.2, 0.25) is 10.0 Å². The zero-order chi connectivity index (χ0) is 17.0. The van der Waals surface area contributed by atoms with Crippen LogP contribution in [0.15, 0.2) is 20.7 Å². The molecule has 1 aliphatic carbocycles. The van der Waals surface area contributed by atoms with E-state index in [0.29, 0.717) is 38.8 Å². The van der Waals surface area contributed by atoms with Crippen LogP contribution in [-0.4, -0.2) is 12.1 Å². The molecule has 3 aromatic rings. The molecule has 124 valence electrons. The minimum Gasteiger partial charge on any atom is -0.494 e. The number of ether oxygens (including phenoxy) is 1. The number of halogens is 2. The Labute approximate surface area is 152 Å². The SMILES string of the molecule is COc1c(Cl)c(-c2csc(C3CC3)n2)cc2oc(=O)c(Cl)c(C)c12. The van der Waals surface area contributed by atoms with Crippen molar-refractivity contribution >= 4 is 45.5 Å². The van der Waals surface area contributed by atoms with Crippen molar-refractivity contribution < 1.29 is 9.15 Å². The molecule has 24 heavy (non-hydrogen) atoms. The molecule has 0 amide bonds. The van der Waals surface area contributed by atoms with Crippen LogP contribution in [0.1, 0.15) is 29.3 Å². The molecule has 0 saturated heterocycles. The van der Waals surface area contributed by atoms with Gasteiger partial charge in [-0.3, -0.25) is 0 Å². The number of thiazole rings is 1. The van der Waals surface area contributed by atoms with E-state index in [-0.39, 0.29) is 5.02 Å². The van der Waals surface area contributed by atoms with Gasteiger partial charge in [0.15, 0.2) is 0 Å². The van der Waals surface area contributed by atoms with E-state index in [1.165, 1.54) is 20.0 Å². The molecule has 0 spiro atoms. The molecule has 0 N–H and O–H groups in total. The van der Waals surface area contributed by atoms with Crippen LogP contribution in [0.4, 0.5) is 0 Å². The van der Waals surface area contributed by atoms with Crippen LogP contribution in [-0.2, 0) is 0 Å². The van der Waals surface area contributed by atoms with Gasteiger partial charge in [0.05, 0.1) is 28.2 Å². The molecule has 4 nitrogen and oxygen atoms in total. The fraction of sp³-hybridized carbons (Fsp3) is 0.294. The molecule has 2 heterocycles. The lowest BCUT2D eigenvalue weighted by atomic mass is 10.1. The summed E-state index contributed by atoms with van der Waals surface area (Å²) in [6.07, 6.45) is 2.38. The molecule has 0 atom stereocenters. The Kier molecular flexibility index (Phi) is 3.82. The highest BCUT2D eigenvalue weighted by Gasteiger charge is 2.28. The van der Waals surface area contributed by atoms with Crippen molar-refractivity contribution in [1.29, 1.82) is 0 Å². The topological polar surface area (TPSA) is 52.3 Å². The number of aryl methyl sites for hydroxylation is 1. The van der Waals surface area contributed by atoms with Crippen LogP contribution >= 0.6 is 34.5 Å². The van der Waals surface area contributed by atoms with E-state index in [4.69, 9.17) is 32.4 Å². The highest BCUT2D eigenvalue weighted by atomic mass is 35.5. The summed E-state index contributed by atoms with van der Waals surface area (Å²) < 4.78 is 10.8. The average Bonchev–Trinajstić information content (AvgIpc) is 3.31. The van der Waals surface area contributed by atoms with Crippen LogP contribution in [0.3, 0.4) is 0 Å². The van der Waals surface area contributed by atoms with Crippen LogP contribution in [0, 0.1) is 6.92 Å². The summed E-state index contributed by atoms with van der Waals surface area (Å²) in [7, 11) is 1.53. The number of hydrogen-bond acceptors (Lipinski definition) is 5. The van der Waals surface area contributed by atoms with Crippen molar-refractivity contribution in [3.63, 3.8) is 0 Å². The predicted molar refractivity (Wildman–Crippen MR) is 96.9 cm³/mol. The smallest absolute Gasteiger partial charge is 0.355 e. The van der Waals surface area contributed by atoms with Gasteiger partial charge < -0.3 is 9.15 Å². The third kappa shape index (κ3) is 2.42. The molecule has 1 aliphatic rings. The molecule has 7 heteroatoms. The van der Waals surface area contributed by atoms with Gasteiger partial charge in [-0.25, -0.2) is 9.78 Å². The quantitative estimate of drug-likeness (QED) is 0.568. The van der Waals surface area contributed by atoms with Gasteiger partial charge >= 0.3 is 5.63 Å². The fourth-order valence-electron chi connectivity index (χ4n) is 2.76. The van der Waals surface area contributed by atoms with Crippen molar-refractivity contribution in [2.75, 3.05) is 7.11 Å². The number of rotatable bonds is 3. The average molecular weight is 382 g/mol. The van der Waals surface area contributed by atoms with Gasteiger partial charge in [-0.05, 0) is 31.4 Å². The second-order valence-corrected chi connectivity index (χ2v) is 7.46. The summed E-state index contributed by atoms with van der Waals surface area (Å²) in [5, 5.41) is 4.17. The standard InChI is InChI=1S/C17H13Cl2NO3S/c1-7-12-11(23-17(21)13(7)18)5-9(14(19)15(12)22-2)10-6-24-16(20-10)8-3-4-8/h5-6,8H,3-4H2,1-2H3. The van der Waals surface area contributed by atoms with E-state index in [1.807, 2.05) is 5.38 Å². The summed E-state index contributed by atoms with van der Waals surface area (Å²) >= 11 is 14.2. The molecule has 0 radical (unpaired) electrons. The van der Waals surface area contributed by atoms with Gasteiger partial charge in [-0.15, -0.1) is 11.3 Å². The van der Waals surface area contributed by atoms with E-state index in [9.17, 15) is 4.79 Å². The van der Waals surface area contributed by atoms with Gasteiger partial charge in [0, 0.05) is 16.9 Å². The van der Waals surface area contributed by atoms with Gasteiger partial charge in [-0.2, -0.15) is 0 Å². The maximum Gasteiger partial charge on any atom is 0.355 e. The van der Waals surface area contributed by atoms with Crippen molar-refractivity contribution in [3.8, 4) is 17.0 Å². The number of aromatic nitrogens is 1. The minimum absolute atomic E-state index is 0.0364. The minimum atomic E-state index is -0.575. The van der Waals surface area contributed by atoms with E-state index in [0.717, 1.165) is 10.7 Å². The Morgan fingerprint density at radius 1 is 1.33 bits per heavy atom. The second kappa shape index (κ2) is 5.76. The number of benzene rings is 1. The lowest BCUT2D eigenvalue weighted by molar-refractivity contribution is 0.419. The maximum atomic E-state index is 11.9. The Hall–Kier alpha value is -1.56. The monoisotopic (exact) mass is 381 g/mol. The summed E-state index contributed by atoms with van der Waals surface area (Å²) in [6, 6.07) is 1.73. The first kappa shape index (κ1) is 15.9. The van der Waals surface area contributed by atoms with E-state index in [2.05, 4.69) is 4.98 Å². The van der Waals surface area contributed by atoms with Crippen molar-refractivity contribution in [2.24, 2.45) is 0 Å². The molecule has 2 aromatic heterocycles. The Balaban J connectivity index is 2.00. The number of nitrogens with zero attached hydrogens (tertiary/aromatic N) is 1. The first-order valence-electron chi connectivity index (χ1n) is 7.46. The first-order chi connectivity index (χ1) is 11.5. The molecule has 4 rings (SSSR count). The molecule has 0 bridgehead atoms. The molecule has 1 fully saturated rings. The number of methoxy groups -OCH3 is 1. The fourth-order valence-corrected chi connectivity index (χ4v) is 4.21. The molecule has 0 aliphatic heterocycles. The zero-order valence-electron chi connectivity index (χ0n) is 13.0. The van der Waals surface area contributed by atoms with Crippen LogP contribution in [0.5, 0.6) is 5.75 Å². The third-order valence-corrected chi connectivity index (χ3v) is 6.02. The Morgan fingerprint density at radius 2 is 2.08 bits per heavy atom. The number of fused-ring (bicyclic) bond motifs is 1. The predicted octanol–water partition coefficient (Wildman–Crippen LogP) is 5.42. The van der Waals surface area contributed by atoms with Gasteiger partial charge in [-0.1, -0.05) is 23.2 Å². The van der Waals surface area contributed by atoms with Gasteiger partial charge in [0.25, 0.3) is 0 Å². The van der Waals surface area contributed by atoms with Crippen LogP contribution in [0.25, 0.3) is 22.2 Å². The van der Waals surface area contributed by atoms with Crippen molar-refractivity contribution in [3.05, 3.63) is 42.5 Å². The summed E-state index contributed by atoms with van der Waals surface area (Å²) in [4.78, 5) is 16.6. The molecular weight excluding hydrogens is 369 g/mol. The molecule has 1 saturated carbocycles. The van der Waals surface area contributed by atoms with Gasteiger partial charge in [0.2, 0.25) is 0 Å². The molecule has 1 aromatic carbocycles. The van der Waals surface area contributed by atoms with E-state index >= 15 is 0 Å². The largest absolute Gasteiger partial charge is 0.494 e. The maximum absolute atomic E-state index is 11.9. The second-order valence-electron chi connectivity index (χ2n) is 5.82. The highest BCUT2D eigenvalue weighted by molar-refractivity contribution is 7.10.